The van der Waals surface area contributed by atoms with Crippen molar-refractivity contribution >= 4 is 5.97 Å². The Morgan fingerprint density at radius 3 is 2.05 bits per heavy atom. The van der Waals surface area contributed by atoms with E-state index in [1.165, 1.54) is 51.4 Å². The van der Waals surface area contributed by atoms with Crippen molar-refractivity contribution in [2.45, 2.75) is 83.8 Å². The highest BCUT2D eigenvalue weighted by Gasteiger charge is 2.03. The Hall–Kier alpha value is -0.650. The van der Waals surface area contributed by atoms with Gasteiger partial charge in [-0.2, -0.15) is 0 Å². The maximum absolute atomic E-state index is 11.3. The van der Waals surface area contributed by atoms with E-state index in [1.807, 2.05) is 0 Å². The zero-order valence-corrected chi connectivity index (χ0v) is 14.2. The summed E-state index contributed by atoms with van der Waals surface area (Å²) < 4.78 is 5.09. The van der Waals surface area contributed by atoms with Crippen molar-refractivity contribution in [2.24, 2.45) is 0 Å². The first kappa shape index (κ1) is 21.4. The first-order valence-corrected chi connectivity index (χ1v) is 8.89. The fourth-order valence-electron chi connectivity index (χ4n) is 2.25. The van der Waals surface area contributed by atoms with Gasteiger partial charge in [0.1, 0.15) is 0 Å². The van der Waals surface area contributed by atoms with Crippen LogP contribution < -0.4 is 5.32 Å². The number of aliphatic hydroxyl groups is 2. The molecule has 5 heteroatoms. The van der Waals surface area contributed by atoms with Crippen LogP contribution in [-0.2, 0) is 9.53 Å². The number of rotatable bonds is 16. The van der Waals surface area contributed by atoms with Gasteiger partial charge in [0.05, 0.1) is 13.2 Å². The third kappa shape index (κ3) is 17.4. The van der Waals surface area contributed by atoms with E-state index < -0.39 is 6.29 Å². The topological polar surface area (TPSA) is 78.8 Å². The number of aliphatic hydroxyl groups excluding tert-OH is 1. The van der Waals surface area contributed by atoms with Crippen LogP contribution in [0.3, 0.4) is 0 Å². The number of nitrogens with one attached hydrogen (secondary N) is 1. The number of carbonyl (C=O) groups excluding carboxylic acids is 1. The zero-order valence-electron chi connectivity index (χ0n) is 14.2. The summed E-state index contributed by atoms with van der Waals surface area (Å²) in [6.07, 6.45) is 11.5. The lowest BCUT2D eigenvalue weighted by atomic mass is 10.1. The van der Waals surface area contributed by atoms with E-state index in [1.54, 1.807) is 0 Å². The lowest BCUT2D eigenvalue weighted by Gasteiger charge is -2.07. The van der Waals surface area contributed by atoms with Crippen LogP contribution in [0.4, 0.5) is 0 Å². The Labute approximate surface area is 135 Å². The second-order valence-corrected chi connectivity index (χ2v) is 5.85. The first-order valence-electron chi connectivity index (χ1n) is 8.89. The van der Waals surface area contributed by atoms with Gasteiger partial charge in [-0.05, 0) is 6.42 Å². The van der Waals surface area contributed by atoms with Crippen LogP contribution in [0.15, 0.2) is 0 Å². The first-order chi connectivity index (χ1) is 10.7. The normalized spacial score (nSPS) is 11.1. The van der Waals surface area contributed by atoms with Gasteiger partial charge in [0, 0.05) is 13.0 Å². The summed E-state index contributed by atoms with van der Waals surface area (Å²) >= 11 is 0. The van der Waals surface area contributed by atoms with Crippen molar-refractivity contribution in [3.8, 4) is 0 Å². The van der Waals surface area contributed by atoms with Crippen LogP contribution >= 0.6 is 0 Å². The molecule has 0 bridgehead atoms. The number of ether oxygens (including phenoxy) is 1. The molecule has 0 spiro atoms. The van der Waals surface area contributed by atoms with Crippen molar-refractivity contribution in [3.05, 3.63) is 0 Å². The minimum atomic E-state index is -1.32. The fourth-order valence-corrected chi connectivity index (χ4v) is 2.25. The number of hydrogen-bond donors (Lipinski definition) is 3. The quantitative estimate of drug-likeness (QED) is 0.232. The second-order valence-electron chi connectivity index (χ2n) is 5.85. The Balaban J connectivity index is 3.14. The zero-order chi connectivity index (χ0) is 16.5. The SMILES string of the molecule is CCCCCCCCCCCCOC(=O)CNCCC(O)O. The molecule has 0 aliphatic heterocycles. The molecule has 0 amide bonds. The molecule has 132 valence electrons. The Morgan fingerprint density at radius 2 is 1.50 bits per heavy atom. The van der Waals surface area contributed by atoms with Gasteiger partial charge < -0.3 is 20.3 Å². The summed E-state index contributed by atoms with van der Waals surface area (Å²) in [6, 6.07) is 0. The fraction of sp³-hybridized carbons (Fsp3) is 0.941. The summed E-state index contributed by atoms with van der Waals surface area (Å²) in [7, 11) is 0. The Bertz CT molecular complexity index is 247. The van der Waals surface area contributed by atoms with Crippen molar-refractivity contribution in [1.82, 2.24) is 5.32 Å². The van der Waals surface area contributed by atoms with E-state index >= 15 is 0 Å². The molecule has 5 nitrogen and oxygen atoms in total. The van der Waals surface area contributed by atoms with Gasteiger partial charge >= 0.3 is 5.97 Å². The van der Waals surface area contributed by atoms with Gasteiger partial charge in [0.2, 0.25) is 0 Å². The molecule has 0 radical (unpaired) electrons. The van der Waals surface area contributed by atoms with E-state index in [9.17, 15) is 4.79 Å². The predicted molar refractivity (Wildman–Crippen MR) is 88.5 cm³/mol. The highest BCUT2D eigenvalue weighted by Crippen LogP contribution is 2.10. The number of hydrogen-bond acceptors (Lipinski definition) is 5. The molecule has 0 saturated heterocycles. The van der Waals surface area contributed by atoms with Crippen LogP contribution in [0.1, 0.15) is 77.6 Å². The Morgan fingerprint density at radius 1 is 0.955 bits per heavy atom. The summed E-state index contributed by atoms with van der Waals surface area (Å²) in [5.74, 6) is -0.275. The van der Waals surface area contributed by atoms with E-state index in [4.69, 9.17) is 14.9 Å². The number of esters is 1. The van der Waals surface area contributed by atoms with Crippen LogP contribution in [0.5, 0.6) is 0 Å². The summed E-state index contributed by atoms with van der Waals surface area (Å²) in [6.45, 7) is 3.25. The summed E-state index contributed by atoms with van der Waals surface area (Å²) in [5.41, 5.74) is 0. The molecule has 3 N–H and O–H groups in total. The molecule has 0 rings (SSSR count). The van der Waals surface area contributed by atoms with E-state index in [0.717, 1.165) is 12.8 Å². The standard InChI is InChI=1S/C17H35NO4/c1-2-3-4-5-6-7-8-9-10-11-14-22-17(21)15-18-13-12-16(19)20/h16,18-20H,2-15H2,1H3. The van der Waals surface area contributed by atoms with Gasteiger partial charge in [-0.3, -0.25) is 4.79 Å². The van der Waals surface area contributed by atoms with Crippen molar-refractivity contribution in [3.63, 3.8) is 0 Å². The maximum atomic E-state index is 11.3. The van der Waals surface area contributed by atoms with Crippen LogP contribution in [0.25, 0.3) is 0 Å². The van der Waals surface area contributed by atoms with Gasteiger partial charge in [0.15, 0.2) is 6.29 Å². The summed E-state index contributed by atoms with van der Waals surface area (Å²) in [5, 5.41) is 20.1. The number of carbonyl (C=O) groups is 1. The lowest BCUT2D eigenvalue weighted by molar-refractivity contribution is -0.142. The van der Waals surface area contributed by atoms with Gasteiger partial charge in [-0.1, -0.05) is 64.7 Å². The third-order valence-electron chi connectivity index (χ3n) is 3.61. The molecule has 22 heavy (non-hydrogen) atoms. The maximum Gasteiger partial charge on any atom is 0.319 e. The lowest BCUT2D eigenvalue weighted by Crippen LogP contribution is -2.27. The smallest absolute Gasteiger partial charge is 0.319 e. The molecular formula is C17H35NO4. The second kappa shape index (κ2) is 16.7. The molecule has 0 aliphatic carbocycles. The highest BCUT2D eigenvalue weighted by molar-refractivity contribution is 5.71. The van der Waals surface area contributed by atoms with E-state index in [0.29, 0.717) is 13.2 Å². The molecule has 0 unspecified atom stereocenters. The van der Waals surface area contributed by atoms with Gasteiger partial charge in [-0.15, -0.1) is 0 Å². The van der Waals surface area contributed by atoms with Crippen molar-refractivity contribution < 1.29 is 19.7 Å². The molecule has 0 aromatic heterocycles. The molecule has 0 aliphatic rings. The Kier molecular flexibility index (Phi) is 16.2. The minimum Gasteiger partial charge on any atom is -0.465 e. The molecule has 0 aromatic rings. The molecule has 0 aromatic carbocycles. The predicted octanol–water partition coefficient (Wildman–Crippen LogP) is 2.74. The van der Waals surface area contributed by atoms with Gasteiger partial charge in [0.25, 0.3) is 0 Å². The minimum absolute atomic E-state index is 0.129. The van der Waals surface area contributed by atoms with Crippen LogP contribution in [0.2, 0.25) is 0 Å². The molecular weight excluding hydrogens is 282 g/mol. The third-order valence-corrected chi connectivity index (χ3v) is 3.61. The molecule has 0 saturated carbocycles. The average Bonchev–Trinajstić information content (AvgIpc) is 2.49. The molecule has 0 atom stereocenters. The molecule has 0 fully saturated rings. The summed E-state index contributed by atoms with van der Waals surface area (Å²) in [4.78, 5) is 11.3. The molecule has 0 heterocycles. The highest BCUT2D eigenvalue weighted by atomic mass is 16.5. The number of unbranched alkanes of at least 4 members (excludes halogenated alkanes) is 9. The monoisotopic (exact) mass is 317 g/mol. The van der Waals surface area contributed by atoms with Gasteiger partial charge in [-0.25, -0.2) is 0 Å². The van der Waals surface area contributed by atoms with Crippen LogP contribution in [-0.4, -0.2) is 42.2 Å². The van der Waals surface area contributed by atoms with Crippen molar-refractivity contribution in [2.75, 3.05) is 19.7 Å². The largest absolute Gasteiger partial charge is 0.465 e. The average molecular weight is 317 g/mol. The van der Waals surface area contributed by atoms with Crippen molar-refractivity contribution in [1.29, 1.82) is 0 Å². The van der Waals surface area contributed by atoms with E-state index in [-0.39, 0.29) is 18.9 Å². The van der Waals surface area contributed by atoms with Crippen LogP contribution in [0, 0.1) is 0 Å². The van der Waals surface area contributed by atoms with E-state index in [2.05, 4.69) is 12.2 Å².